The van der Waals surface area contributed by atoms with Crippen molar-refractivity contribution in [2.45, 2.75) is 10.8 Å². The molecule has 2 aromatic heterocycles. The summed E-state index contributed by atoms with van der Waals surface area (Å²) in [5, 5.41) is 13.4. The number of rotatable bonds is 6. The summed E-state index contributed by atoms with van der Waals surface area (Å²) in [5.41, 5.74) is 2.69. The number of thioether (sulfide) groups is 1. The third-order valence-corrected chi connectivity index (χ3v) is 4.75. The maximum absolute atomic E-state index is 5.32. The number of methoxy groups -OCH3 is 1. The molecule has 0 atom stereocenters. The molecule has 0 aliphatic heterocycles. The quantitative estimate of drug-likeness (QED) is 0.459. The Morgan fingerprint density at radius 1 is 0.926 bits per heavy atom. The first kappa shape index (κ1) is 17.2. The zero-order valence-electron chi connectivity index (χ0n) is 14.6. The van der Waals surface area contributed by atoms with Gasteiger partial charge >= 0.3 is 0 Å². The summed E-state index contributed by atoms with van der Waals surface area (Å²) in [6, 6.07) is 21.3. The Hall–Kier alpha value is -3.19. The molecular weight excluding hydrogens is 360 g/mol. The average Bonchev–Trinajstić information content (AvgIpc) is 3.22. The van der Waals surface area contributed by atoms with Crippen LogP contribution in [0, 0.1) is 0 Å². The molecule has 0 radical (unpaired) electrons. The normalized spacial score (nSPS) is 10.7. The molecule has 4 aromatic rings. The molecule has 2 heterocycles. The smallest absolute Gasteiger partial charge is 0.237 e. The molecular formula is C20H16N4O2S. The van der Waals surface area contributed by atoms with Crippen molar-refractivity contribution in [3.05, 3.63) is 72.6 Å². The Bertz CT molecular complexity index is 1020. The van der Waals surface area contributed by atoms with Crippen molar-refractivity contribution in [1.29, 1.82) is 0 Å². The van der Waals surface area contributed by atoms with Crippen LogP contribution < -0.4 is 4.74 Å². The van der Waals surface area contributed by atoms with Crippen LogP contribution in [0.3, 0.4) is 0 Å². The monoisotopic (exact) mass is 376 g/mol. The lowest BCUT2D eigenvalue weighted by Crippen LogP contribution is -1.91. The molecule has 4 rings (SSSR count). The summed E-state index contributed by atoms with van der Waals surface area (Å²) in [6.07, 6.45) is 0. The fourth-order valence-electron chi connectivity index (χ4n) is 2.49. The lowest BCUT2D eigenvalue weighted by molar-refractivity contribution is 0.391. The highest BCUT2D eigenvalue weighted by Crippen LogP contribution is 2.25. The van der Waals surface area contributed by atoms with Gasteiger partial charge in [0.1, 0.15) is 10.8 Å². The number of nitrogens with zero attached hydrogens (tertiary/aromatic N) is 4. The number of benzene rings is 2. The Morgan fingerprint density at radius 2 is 1.78 bits per heavy atom. The highest BCUT2D eigenvalue weighted by molar-refractivity contribution is 7.98. The summed E-state index contributed by atoms with van der Waals surface area (Å²) < 4.78 is 10.6. The van der Waals surface area contributed by atoms with Crippen molar-refractivity contribution in [2.24, 2.45) is 0 Å². The summed E-state index contributed by atoms with van der Waals surface area (Å²) in [6.45, 7) is 0. The maximum atomic E-state index is 5.32. The van der Waals surface area contributed by atoms with Crippen molar-refractivity contribution >= 4 is 11.8 Å². The van der Waals surface area contributed by atoms with Crippen LogP contribution in [-0.4, -0.2) is 27.4 Å². The van der Waals surface area contributed by atoms with E-state index in [9.17, 15) is 0 Å². The second-order valence-electron chi connectivity index (χ2n) is 5.66. The summed E-state index contributed by atoms with van der Waals surface area (Å²) in [5.74, 6) is 2.47. The van der Waals surface area contributed by atoms with Gasteiger partial charge in [-0.05, 0) is 24.3 Å². The van der Waals surface area contributed by atoms with Crippen LogP contribution in [-0.2, 0) is 5.75 Å². The fourth-order valence-corrected chi connectivity index (χ4v) is 3.14. The topological polar surface area (TPSA) is 73.9 Å². The molecule has 0 saturated carbocycles. The van der Waals surface area contributed by atoms with Crippen LogP contribution in [0.2, 0.25) is 0 Å². The first-order chi connectivity index (χ1) is 13.3. The Balaban J connectivity index is 1.41. The van der Waals surface area contributed by atoms with E-state index in [1.54, 1.807) is 7.11 Å². The fraction of sp³-hybridized carbons (Fsp3) is 0.100. The van der Waals surface area contributed by atoms with E-state index < -0.39 is 0 Å². The molecule has 0 spiro atoms. The van der Waals surface area contributed by atoms with Crippen molar-refractivity contribution in [3.63, 3.8) is 0 Å². The molecule has 0 bridgehead atoms. The molecule has 134 valence electrons. The van der Waals surface area contributed by atoms with Gasteiger partial charge in [-0.15, -0.1) is 10.2 Å². The van der Waals surface area contributed by atoms with Gasteiger partial charge in [-0.1, -0.05) is 59.4 Å². The Labute approximate surface area is 160 Å². The molecule has 2 aromatic carbocycles. The van der Waals surface area contributed by atoms with Crippen LogP contribution in [0.4, 0.5) is 0 Å². The summed E-state index contributed by atoms with van der Waals surface area (Å²) >= 11 is 1.50. The van der Waals surface area contributed by atoms with Gasteiger partial charge in [-0.25, -0.2) is 0 Å². The Morgan fingerprint density at radius 3 is 2.56 bits per heavy atom. The third kappa shape index (κ3) is 4.15. The highest BCUT2D eigenvalue weighted by Gasteiger charge is 2.10. The molecule has 0 fully saturated rings. The maximum Gasteiger partial charge on any atom is 0.237 e. The van der Waals surface area contributed by atoms with Crippen LogP contribution in [0.5, 0.6) is 5.75 Å². The van der Waals surface area contributed by atoms with Crippen molar-refractivity contribution in [3.8, 4) is 28.4 Å². The minimum Gasteiger partial charge on any atom is -0.497 e. The van der Waals surface area contributed by atoms with Crippen LogP contribution in [0.1, 0.15) is 5.89 Å². The van der Waals surface area contributed by atoms with Gasteiger partial charge < -0.3 is 9.26 Å². The molecule has 0 unspecified atom stereocenters. The van der Waals surface area contributed by atoms with Crippen LogP contribution in [0.15, 0.2) is 76.3 Å². The van der Waals surface area contributed by atoms with Gasteiger partial charge in [0.05, 0.1) is 18.6 Å². The first-order valence-electron chi connectivity index (χ1n) is 8.31. The standard InChI is InChI=1S/C20H16N4O2S/c1-25-16-9-5-8-15(12-16)17-10-11-19(23-22-17)27-13-18-21-20(24-26-18)14-6-3-2-4-7-14/h2-12H,13H2,1H3. The number of hydrogen-bond donors (Lipinski definition) is 0. The Kier molecular flexibility index (Phi) is 5.11. The van der Waals surface area contributed by atoms with Crippen molar-refractivity contribution < 1.29 is 9.26 Å². The van der Waals surface area contributed by atoms with Crippen molar-refractivity contribution in [2.75, 3.05) is 7.11 Å². The van der Waals surface area contributed by atoms with Gasteiger partial charge in [0.25, 0.3) is 0 Å². The largest absolute Gasteiger partial charge is 0.497 e. The molecule has 0 aliphatic carbocycles. The first-order valence-corrected chi connectivity index (χ1v) is 9.29. The zero-order chi connectivity index (χ0) is 18.5. The molecule has 7 heteroatoms. The molecule has 27 heavy (non-hydrogen) atoms. The van der Waals surface area contributed by atoms with Gasteiger partial charge in [-0.3, -0.25) is 0 Å². The van der Waals surface area contributed by atoms with Crippen molar-refractivity contribution in [1.82, 2.24) is 20.3 Å². The minimum atomic E-state index is 0.535. The minimum absolute atomic E-state index is 0.535. The van der Waals surface area contributed by atoms with Crippen LogP contribution in [0.25, 0.3) is 22.6 Å². The number of hydrogen-bond acceptors (Lipinski definition) is 7. The molecule has 0 saturated heterocycles. The van der Waals surface area contributed by atoms with Gasteiger partial charge in [0.15, 0.2) is 0 Å². The molecule has 6 nitrogen and oxygen atoms in total. The summed E-state index contributed by atoms with van der Waals surface area (Å²) in [4.78, 5) is 4.42. The van der Waals surface area contributed by atoms with Gasteiger partial charge in [0.2, 0.25) is 11.7 Å². The van der Waals surface area contributed by atoms with Crippen LogP contribution >= 0.6 is 11.8 Å². The zero-order valence-corrected chi connectivity index (χ0v) is 15.4. The highest BCUT2D eigenvalue weighted by atomic mass is 32.2. The second-order valence-corrected chi connectivity index (χ2v) is 6.65. The van der Waals surface area contributed by atoms with E-state index >= 15 is 0 Å². The lowest BCUT2D eigenvalue weighted by Gasteiger charge is -2.04. The molecule has 0 aliphatic rings. The second kappa shape index (κ2) is 8.01. The molecule has 0 N–H and O–H groups in total. The lowest BCUT2D eigenvalue weighted by atomic mass is 10.1. The van der Waals surface area contributed by atoms with Gasteiger partial charge in [-0.2, -0.15) is 4.98 Å². The van der Waals surface area contributed by atoms with E-state index in [0.717, 1.165) is 27.6 Å². The molecule has 0 amide bonds. The van der Waals surface area contributed by atoms with E-state index in [0.29, 0.717) is 17.5 Å². The van der Waals surface area contributed by atoms with E-state index in [4.69, 9.17) is 9.26 Å². The van der Waals surface area contributed by atoms with E-state index in [1.807, 2.05) is 66.7 Å². The number of aromatic nitrogens is 4. The third-order valence-electron chi connectivity index (χ3n) is 3.85. The van der Waals surface area contributed by atoms with E-state index in [2.05, 4.69) is 20.3 Å². The predicted molar refractivity (Wildman–Crippen MR) is 103 cm³/mol. The van der Waals surface area contributed by atoms with E-state index in [1.165, 1.54) is 11.8 Å². The van der Waals surface area contributed by atoms with E-state index in [-0.39, 0.29) is 0 Å². The SMILES string of the molecule is COc1cccc(-c2ccc(SCc3nc(-c4ccccc4)no3)nn2)c1. The predicted octanol–water partition coefficient (Wildman–Crippen LogP) is 4.49. The number of ether oxygens (including phenoxy) is 1. The summed E-state index contributed by atoms with van der Waals surface area (Å²) in [7, 11) is 1.64. The average molecular weight is 376 g/mol. The van der Waals surface area contributed by atoms with Gasteiger partial charge in [0, 0.05) is 11.1 Å².